The maximum atomic E-state index is 4.50. The van der Waals surface area contributed by atoms with E-state index in [2.05, 4.69) is 36.3 Å². The molecule has 0 aromatic carbocycles. The van der Waals surface area contributed by atoms with E-state index in [0.717, 1.165) is 19.5 Å². The molecule has 1 aliphatic rings. The fourth-order valence-electron chi connectivity index (χ4n) is 3.13. The molecule has 114 valence electrons. The summed E-state index contributed by atoms with van der Waals surface area (Å²) in [6.45, 7) is 9.21. The molecule has 0 aliphatic heterocycles. The zero-order chi connectivity index (χ0) is 14.4. The minimum Gasteiger partial charge on any atom is -0.317 e. The van der Waals surface area contributed by atoms with Gasteiger partial charge in [-0.1, -0.05) is 33.6 Å². The number of aryl methyl sites for hydroxylation is 1. The molecule has 1 fully saturated rings. The monoisotopic (exact) mass is 295 g/mol. The average molecular weight is 295 g/mol. The van der Waals surface area contributed by atoms with E-state index in [-0.39, 0.29) is 0 Å². The van der Waals surface area contributed by atoms with Crippen molar-refractivity contribution in [3.63, 3.8) is 0 Å². The first-order valence-electron chi connectivity index (χ1n) is 8.16. The molecule has 0 saturated heterocycles. The maximum absolute atomic E-state index is 4.50. The molecular weight excluding hydrogens is 266 g/mol. The Morgan fingerprint density at radius 3 is 2.85 bits per heavy atom. The zero-order valence-electron chi connectivity index (χ0n) is 13.2. The van der Waals surface area contributed by atoms with E-state index < -0.39 is 0 Å². The van der Waals surface area contributed by atoms with Crippen LogP contribution in [0.1, 0.15) is 75.2 Å². The van der Waals surface area contributed by atoms with Gasteiger partial charge in [0.05, 0.1) is 0 Å². The molecule has 1 heterocycles. The summed E-state index contributed by atoms with van der Waals surface area (Å²) in [7, 11) is 0. The normalized spacial score (nSPS) is 22.1. The summed E-state index contributed by atoms with van der Waals surface area (Å²) >= 11 is 1.86. The first-order valence-corrected chi connectivity index (χ1v) is 8.98. The molecule has 1 aromatic rings. The van der Waals surface area contributed by atoms with E-state index in [4.69, 9.17) is 0 Å². The lowest BCUT2D eigenvalue weighted by molar-refractivity contribution is 0.198. The smallest absolute Gasteiger partial charge is 0.121 e. The van der Waals surface area contributed by atoms with Gasteiger partial charge in [-0.25, -0.2) is 0 Å². The Hall–Kier alpha value is -0.480. The summed E-state index contributed by atoms with van der Waals surface area (Å²) < 4.78 is 0. The van der Waals surface area contributed by atoms with Crippen molar-refractivity contribution in [3.8, 4) is 0 Å². The Morgan fingerprint density at radius 1 is 1.25 bits per heavy atom. The Balaban J connectivity index is 1.85. The number of hydrogen-bond donors (Lipinski definition) is 1. The zero-order valence-corrected chi connectivity index (χ0v) is 14.1. The van der Waals surface area contributed by atoms with Crippen LogP contribution in [0, 0.1) is 5.41 Å². The van der Waals surface area contributed by atoms with Crippen molar-refractivity contribution < 1.29 is 0 Å². The third-order valence-corrected chi connectivity index (χ3v) is 5.56. The van der Waals surface area contributed by atoms with Gasteiger partial charge >= 0.3 is 0 Å². The van der Waals surface area contributed by atoms with Gasteiger partial charge in [-0.15, -0.1) is 21.5 Å². The molecule has 1 unspecified atom stereocenters. The van der Waals surface area contributed by atoms with Crippen molar-refractivity contribution in [2.45, 2.75) is 71.6 Å². The van der Waals surface area contributed by atoms with Gasteiger partial charge < -0.3 is 5.32 Å². The fourth-order valence-corrected chi connectivity index (χ4v) is 4.36. The predicted molar refractivity (Wildman–Crippen MR) is 86.4 cm³/mol. The highest BCUT2D eigenvalue weighted by molar-refractivity contribution is 7.11. The predicted octanol–water partition coefficient (Wildman–Crippen LogP) is 4.15. The van der Waals surface area contributed by atoms with Gasteiger partial charge in [-0.2, -0.15) is 0 Å². The lowest BCUT2D eigenvalue weighted by Gasteiger charge is -2.37. The van der Waals surface area contributed by atoms with Gasteiger partial charge in [-0.05, 0) is 44.2 Å². The van der Waals surface area contributed by atoms with Gasteiger partial charge in [0.2, 0.25) is 0 Å². The van der Waals surface area contributed by atoms with Crippen LogP contribution in [0.25, 0.3) is 0 Å². The minimum absolute atomic E-state index is 0.401. The SMILES string of the molecule is CCCNCCCc1nnc(C2CCCCC2(C)C)s1. The molecule has 0 radical (unpaired) electrons. The van der Waals surface area contributed by atoms with E-state index >= 15 is 0 Å². The third kappa shape index (κ3) is 4.26. The molecule has 20 heavy (non-hydrogen) atoms. The molecule has 1 aromatic heterocycles. The van der Waals surface area contributed by atoms with Crippen molar-refractivity contribution in [3.05, 3.63) is 10.0 Å². The van der Waals surface area contributed by atoms with Gasteiger partial charge in [-0.3, -0.25) is 0 Å². The topological polar surface area (TPSA) is 37.8 Å². The second-order valence-electron chi connectivity index (χ2n) is 6.67. The van der Waals surface area contributed by atoms with Crippen LogP contribution in [0.2, 0.25) is 0 Å². The second-order valence-corrected chi connectivity index (χ2v) is 7.77. The molecule has 0 amide bonds. The highest BCUT2D eigenvalue weighted by Gasteiger charge is 2.35. The fraction of sp³-hybridized carbons (Fsp3) is 0.875. The lowest BCUT2D eigenvalue weighted by Crippen LogP contribution is -2.25. The van der Waals surface area contributed by atoms with Gasteiger partial charge in [0.15, 0.2) is 0 Å². The number of hydrogen-bond acceptors (Lipinski definition) is 4. The van der Waals surface area contributed by atoms with Gasteiger partial charge in [0.1, 0.15) is 10.0 Å². The molecule has 2 rings (SSSR count). The summed E-state index contributed by atoms with van der Waals surface area (Å²) in [5.74, 6) is 0.626. The van der Waals surface area contributed by atoms with Crippen LogP contribution in [0.4, 0.5) is 0 Å². The van der Waals surface area contributed by atoms with E-state index in [1.165, 1.54) is 48.5 Å². The Bertz CT molecular complexity index is 400. The molecule has 1 atom stereocenters. The largest absolute Gasteiger partial charge is 0.317 e. The summed E-state index contributed by atoms with van der Waals surface area (Å²) in [4.78, 5) is 0. The first kappa shape index (κ1) is 15.9. The number of nitrogens with zero attached hydrogens (tertiary/aromatic N) is 2. The van der Waals surface area contributed by atoms with Crippen LogP contribution in [0.3, 0.4) is 0 Å². The van der Waals surface area contributed by atoms with E-state index in [1.807, 2.05) is 11.3 Å². The molecule has 0 spiro atoms. The van der Waals surface area contributed by atoms with Crippen LogP contribution in [0.15, 0.2) is 0 Å². The van der Waals surface area contributed by atoms with Crippen molar-refractivity contribution in [1.82, 2.24) is 15.5 Å². The summed E-state index contributed by atoms with van der Waals surface area (Å²) in [5.41, 5.74) is 0.401. The second kappa shape index (κ2) is 7.51. The number of aromatic nitrogens is 2. The van der Waals surface area contributed by atoms with Gasteiger partial charge in [0.25, 0.3) is 0 Å². The van der Waals surface area contributed by atoms with Crippen LogP contribution >= 0.6 is 11.3 Å². The van der Waals surface area contributed by atoms with Crippen molar-refractivity contribution in [2.75, 3.05) is 13.1 Å². The first-order chi connectivity index (χ1) is 9.63. The Morgan fingerprint density at radius 2 is 2.10 bits per heavy atom. The molecule has 4 heteroatoms. The molecule has 1 saturated carbocycles. The average Bonchev–Trinajstić information content (AvgIpc) is 2.86. The van der Waals surface area contributed by atoms with Crippen molar-refractivity contribution >= 4 is 11.3 Å². The van der Waals surface area contributed by atoms with Crippen LogP contribution in [-0.4, -0.2) is 23.3 Å². The van der Waals surface area contributed by atoms with Crippen molar-refractivity contribution in [1.29, 1.82) is 0 Å². The van der Waals surface area contributed by atoms with Gasteiger partial charge in [0, 0.05) is 12.3 Å². The molecule has 1 aliphatic carbocycles. The highest BCUT2D eigenvalue weighted by Crippen LogP contribution is 2.47. The van der Waals surface area contributed by atoms with E-state index in [1.54, 1.807) is 0 Å². The van der Waals surface area contributed by atoms with Crippen LogP contribution in [-0.2, 0) is 6.42 Å². The number of rotatable bonds is 7. The quantitative estimate of drug-likeness (QED) is 0.768. The number of nitrogens with one attached hydrogen (secondary N) is 1. The summed E-state index contributed by atoms with van der Waals surface area (Å²) in [6, 6.07) is 0. The maximum Gasteiger partial charge on any atom is 0.121 e. The van der Waals surface area contributed by atoms with Crippen LogP contribution in [0.5, 0.6) is 0 Å². The Kier molecular flexibility index (Phi) is 5.97. The third-order valence-electron chi connectivity index (χ3n) is 4.46. The Labute approximate surface area is 127 Å². The highest BCUT2D eigenvalue weighted by atomic mass is 32.1. The summed E-state index contributed by atoms with van der Waals surface area (Å²) in [6.07, 6.45) is 8.79. The van der Waals surface area contributed by atoms with Crippen LogP contribution < -0.4 is 5.32 Å². The minimum atomic E-state index is 0.401. The molecular formula is C16H29N3S. The standard InChI is InChI=1S/C16H29N3S/c1-4-11-17-12-7-9-14-18-19-15(20-14)13-8-5-6-10-16(13,2)3/h13,17H,4-12H2,1-3H3. The molecule has 0 bridgehead atoms. The van der Waals surface area contributed by atoms with E-state index in [0.29, 0.717) is 11.3 Å². The van der Waals surface area contributed by atoms with Crippen molar-refractivity contribution in [2.24, 2.45) is 5.41 Å². The summed E-state index contributed by atoms with van der Waals surface area (Å²) in [5, 5.41) is 14.9. The lowest BCUT2D eigenvalue weighted by atomic mass is 9.69. The molecule has 1 N–H and O–H groups in total. The molecule has 3 nitrogen and oxygen atoms in total. The van der Waals surface area contributed by atoms with E-state index in [9.17, 15) is 0 Å².